The van der Waals surface area contributed by atoms with Crippen LogP contribution in [0.15, 0.2) is 16.9 Å². The van der Waals surface area contributed by atoms with Crippen LogP contribution in [0.3, 0.4) is 0 Å². The van der Waals surface area contributed by atoms with Gasteiger partial charge < -0.3 is 10.0 Å². The summed E-state index contributed by atoms with van der Waals surface area (Å²) in [4.78, 5) is 27.1. The van der Waals surface area contributed by atoms with Gasteiger partial charge in [0, 0.05) is 19.3 Å². The van der Waals surface area contributed by atoms with E-state index in [4.69, 9.17) is 5.11 Å². The van der Waals surface area contributed by atoms with Gasteiger partial charge >= 0.3 is 11.7 Å². The zero-order valence-corrected chi connectivity index (χ0v) is 11.7. The van der Waals surface area contributed by atoms with E-state index in [-0.39, 0.29) is 18.2 Å². The van der Waals surface area contributed by atoms with Crippen LogP contribution in [0, 0.1) is 22.0 Å². The highest BCUT2D eigenvalue weighted by atomic mass is 79.9. The lowest BCUT2D eigenvalue weighted by Gasteiger charge is -2.19. The molecule has 0 radical (unpaired) electrons. The van der Waals surface area contributed by atoms with E-state index in [1.54, 1.807) is 4.90 Å². The molecule has 2 atom stereocenters. The molecular formula is C11H12BrN3O4. The van der Waals surface area contributed by atoms with E-state index >= 15 is 0 Å². The Kier molecular flexibility index (Phi) is 3.70. The van der Waals surface area contributed by atoms with Gasteiger partial charge in [0.05, 0.1) is 15.3 Å². The number of pyridine rings is 1. The first-order chi connectivity index (χ1) is 8.91. The van der Waals surface area contributed by atoms with Crippen molar-refractivity contribution in [2.45, 2.75) is 6.92 Å². The number of aromatic nitrogens is 1. The Bertz CT molecular complexity index is 537. The second-order valence-electron chi connectivity index (χ2n) is 4.57. The molecule has 1 aromatic rings. The molecule has 8 heteroatoms. The molecule has 1 aliphatic heterocycles. The maximum Gasteiger partial charge on any atom is 0.311 e. The first-order valence-electron chi connectivity index (χ1n) is 5.67. The maximum absolute atomic E-state index is 11.1. The van der Waals surface area contributed by atoms with Crippen molar-refractivity contribution >= 4 is 33.3 Å². The molecular weight excluding hydrogens is 318 g/mol. The van der Waals surface area contributed by atoms with Gasteiger partial charge in [0.25, 0.3) is 0 Å². The van der Waals surface area contributed by atoms with Gasteiger partial charge in [-0.3, -0.25) is 19.9 Å². The number of aliphatic carboxylic acids is 1. The van der Waals surface area contributed by atoms with Gasteiger partial charge in [-0.05, 0) is 21.8 Å². The zero-order chi connectivity index (χ0) is 14.2. The highest BCUT2D eigenvalue weighted by Gasteiger charge is 2.37. The number of anilines is 1. The summed E-state index contributed by atoms with van der Waals surface area (Å²) < 4.78 is 0.500. The van der Waals surface area contributed by atoms with Crippen molar-refractivity contribution in [3.05, 3.63) is 27.0 Å². The molecule has 0 spiro atoms. The zero-order valence-electron chi connectivity index (χ0n) is 10.1. The fourth-order valence-electron chi connectivity index (χ4n) is 2.34. The highest BCUT2D eigenvalue weighted by molar-refractivity contribution is 9.10. The molecule has 2 heterocycles. The predicted octanol–water partition coefficient (Wildman–Crippen LogP) is 1.91. The Balaban J connectivity index is 2.39. The molecule has 0 aliphatic carbocycles. The Morgan fingerprint density at radius 2 is 2.26 bits per heavy atom. The van der Waals surface area contributed by atoms with E-state index in [0.717, 1.165) is 0 Å². The fourth-order valence-corrected chi connectivity index (χ4v) is 2.91. The monoisotopic (exact) mass is 329 g/mol. The van der Waals surface area contributed by atoms with Gasteiger partial charge in [0.15, 0.2) is 0 Å². The lowest BCUT2D eigenvalue weighted by Crippen LogP contribution is -2.24. The van der Waals surface area contributed by atoms with E-state index in [0.29, 0.717) is 16.7 Å². The lowest BCUT2D eigenvalue weighted by molar-refractivity contribution is -0.384. The van der Waals surface area contributed by atoms with Crippen LogP contribution in [0.25, 0.3) is 0 Å². The number of hydrogen-bond donors (Lipinski definition) is 1. The molecule has 2 rings (SSSR count). The molecule has 1 N–H and O–H groups in total. The molecule has 102 valence electrons. The summed E-state index contributed by atoms with van der Waals surface area (Å²) in [6.07, 6.45) is 2.65. The van der Waals surface area contributed by atoms with Crippen LogP contribution in [0.2, 0.25) is 0 Å². The third-order valence-corrected chi connectivity index (χ3v) is 3.88. The van der Waals surface area contributed by atoms with Gasteiger partial charge in [-0.25, -0.2) is 0 Å². The quantitative estimate of drug-likeness (QED) is 0.672. The van der Waals surface area contributed by atoms with Crippen molar-refractivity contribution in [3.63, 3.8) is 0 Å². The van der Waals surface area contributed by atoms with Gasteiger partial charge in [-0.15, -0.1) is 0 Å². The minimum absolute atomic E-state index is 0.0582. The van der Waals surface area contributed by atoms with Gasteiger partial charge in [-0.2, -0.15) is 0 Å². The Morgan fingerprint density at radius 1 is 1.58 bits per heavy atom. The molecule has 1 saturated heterocycles. The van der Waals surface area contributed by atoms with Gasteiger partial charge in [0.1, 0.15) is 11.9 Å². The average Bonchev–Trinajstić information content (AvgIpc) is 2.70. The third-order valence-electron chi connectivity index (χ3n) is 3.30. The molecule has 0 saturated carbocycles. The van der Waals surface area contributed by atoms with Crippen LogP contribution in [0.5, 0.6) is 0 Å². The smallest absolute Gasteiger partial charge is 0.311 e. The molecule has 7 nitrogen and oxygen atoms in total. The first kappa shape index (κ1) is 13.7. The number of carboxylic acid groups (broad SMARTS) is 1. The highest BCUT2D eigenvalue weighted by Crippen LogP contribution is 2.38. The Labute approximate surface area is 117 Å². The Hall–Kier alpha value is -1.70. The van der Waals surface area contributed by atoms with Crippen LogP contribution >= 0.6 is 15.9 Å². The number of nitrogens with zero attached hydrogens (tertiary/aromatic N) is 3. The summed E-state index contributed by atoms with van der Waals surface area (Å²) in [6, 6.07) is 0. The number of rotatable bonds is 3. The molecule has 1 aromatic heterocycles. The number of nitro groups is 1. The van der Waals surface area contributed by atoms with E-state index in [9.17, 15) is 14.9 Å². The molecule has 0 aromatic carbocycles. The van der Waals surface area contributed by atoms with Crippen LogP contribution in [-0.4, -0.2) is 34.1 Å². The fraction of sp³-hybridized carbons (Fsp3) is 0.455. The third kappa shape index (κ3) is 2.53. The SMILES string of the molecule is C[C@@H]1CN(c2c(Br)cncc2[N+](=O)[O-])C[C@H]1C(=O)O. The van der Waals surface area contributed by atoms with Crippen LogP contribution in [-0.2, 0) is 4.79 Å². The standard InChI is InChI=1S/C11H12BrN3O4/c1-6-4-14(5-7(6)11(16)17)10-8(12)2-13-3-9(10)15(18)19/h2-3,6-7H,4-5H2,1H3,(H,16,17)/t6-,7-/m1/s1. The summed E-state index contributed by atoms with van der Waals surface area (Å²) in [6.45, 7) is 2.57. The van der Waals surface area contributed by atoms with Crippen molar-refractivity contribution in [2.75, 3.05) is 18.0 Å². The van der Waals surface area contributed by atoms with Gasteiger partial charge in [-0.1, -0.05) is 6.92 Å². The second-order valence-corrected chi connectivity index (χ2v) is 5.43. The van der Waals surface area contributed by atoms with E-state index < -0.39 is 16.8 Å². The number of carboxylic acids is 1. The number of hydrogen-bond acceptors (Lipinski definition) is 5. The molecule has 0 unspecified atom stereocenters. The summed E-state index contributed by atoms with van der Waals surface area (Å²) in [5.74, 6) is -1.44. The van der Waals surface area contributed by atoms with E-state index in [1.165, 1.54) is 12.4 Å². The summed E-state index contributed by atoms with van der Waals surface area (Å²) in [5, 5.41) is 20.1. The minimum Gasteiger partial charge on any atom is -0.481 e. The largest absolute Gasteiger partial charge is 0.481 e. The van der Waals surface area contributed by atoms with Crippen LogP contribution in [0.1, 0.15) is 6.92 Å². The predicted molar refractivity (Wildman–Crippen MR) is 71.1 cm³/mol. The molecule has 0 amide bonds. The first-order valence-corrected chi connectivity index (χ1v) is 6.46. The van der Waals surface area contributed by atoms with Crippen molar-refractivity contribution in [3.8, 4) is 0 Å². The minimum atomic E-state index is -0.872. The second kappa shape index (κ2) is 5.12. The van der Waals surface area contributed by atoms with E-state index in [1.807, 2.05) is 6.92 Å². The normalized spacial score (nSPS) is 22.5. The average molecular weight is 330 g/mol. The van der Waals surface area contributed by atoms with Crippen LogP contribution < -0.4 is 4.90 Å². The molecule has 1 aliphatic rings. The van der Waals surface area contributed by atoms with Gasteiger partial charge in [0.2, 0.25) is 0 Å². The van der Waals surface area contributed by atoms with Crippen molar-refractivity contribution in [1.82, 2.24) is 4.98 Å². The lowest BCUT2D eigenvalue weighted by atomic mass is 9.99. The summed E-state index contributed by atoms with van der Waals surface area (Å²) >= 11 is 3.25. The number of halogens is 1. The Morgan fingerprint density at radius 3 is 2.79 bits per heavy atom. The molecule has 1 fully saturated rings. The van der Waals surface area contributed by atoms with E-state index in [2.05, 4.69) is 20.9 Å². The molecule has 0 bridgehead atoms. The van der Waals surface area contributed by atoms with Crippen molar-refractivity contribution in [1.29, 1.82) is 0 Å². The molecule has 19 heavy (non-hydrogen) atoms. The summed E-state index contributed by atoms with van der Waals surface area (Å²) in [5.41, 5.74) is 0.281. The summed E-state index contributed by atoms with van der Waals surface area (Å²) in [7, 11) is 0. The maximum atomic E-state index is 11.1. The van der Waals surface area contributed by atoms with Crippen molar-refractivity contribution < 1.29 is 14.8 Å². The number of carbonyl (C=O) groups is 1. The van der Waals surface area contributed by atoms with Crippen molar-refractivity contribution in [2.24, 2.45) is 11.8 Å². The van der Waals surface area contributed by atoms with Crippen LogP contribution in [0.4, 0.5) is 11.4 Å². The topological polar surface area (TPSA) is 96.6 Å².